The molecule has 2 aromatic carbocycles. The lowest BCUT2D eigenvalue weighted by atomic mass is 9.98. The van der Waals surface area contributed by atoms with Gasteiger partial charge in [-0.2, -0.15) is 4.57 Å². The molecule has 1 aromatic heterocycles. The highest BCUT2D eigenvalue weighted by Crippen LogP contribution is 2.23. The van der Waals surface area contributed by atoms with Crippen molar-refractivity contribution in [3.05, 3.63) is 98.9 Å². The second kappa shape index (κ2) is 9.57. The number of fused-ring (bicyclic) bond motifs is 1. The van der Waals surface area contributed by atoms with Crippen LogP contribution in [-0.2, 0) is 26.1 Å². The minimum atomic E-state index is -0.0754. The molecule has 1 aliphatic rings. The summed E-state index contributed by atoms with van der Waals surface area (Å²) in [7, 11) is 0. The Morgan fingerprint density at radius 2 is 1.24 bits per heavy atom. The van der Waals surface area contributed by atoms with Crippen molar-refractivity contribution < 1.29 is 14.2 Å². The number of benzene rings is 2. The first-order valence-electron chi connectivity index (χ1n) is 11.6. The second-order valence-electron chi connectivity index (χ2n) is 8.97. The maximum atomic E-state index is 12.7. The topological polar surface area (TPSA) is 62.1 Å². The van der Waals surface area contributed by atoms with Crippen LogP contribution in [0.4, 0.5) is 0 Å². The zero-order chi connectivity index (χ0) is 23.5. The molecule has 0 aliphatic carbocycles. The first kappa shape index (κ1) is 22.7. The van der Waals surface area contributed by atoms with Gasteiger partial charge in [-0.1, -0.05) is 35.4 Å². The molecular weight excluding hydrogens is 410 g/mol. The average Bonchev–Trinajstić information content (AvgIpc) is 3.29. The smallest absolute Gasteiger partial charge is 0.251 e. The number of carbonyl (C=O) groups is 2. The Morgan fingerprint density at radius 3 is 1.76 bits per heavy atom. The van der Waals surface area contributed by atoms with E-state index in [1.54, 1.807) is 0 Å². The van der Waals surface area contributed by atoms with E-state index in [9.17, 15) is 9.59 Å². The summed E-state index contributed by atoms with van der Waals surface area (Å²) < 4.78 is 2.35. The molecule has 0 radical (unpaired) electrons. The first-order valence-corrected chi connectivity index (χ1v) is 11.6. The van der Waals surface area contributed by atoms with Crippen molar-refractivity contribution in [2.24, 2.45) is 0 Å². The van der Waals surface area contributed by atoms with Crippen LogP contribution in [0.15, 0.2) is 48.5 Å². The molecule has 4 rings (SSSR count). The van der Waals surface area contributed by atoms with Crippen LogP contribution >= 0.6 is 0 Å². The third-order valence-electron chi connectivity index (χ3n) is 6.70. The third-order valence-corrected chi connectivity index (χ3v) is 6.70. The number of amides is 2. The van der Waals surface area contributed by atoms with Gasteiger partial charge in [0.05, 0.1) is 0 Å². The molecule has 0 bridgehead atoms. The van der Waals surface area contributed by atoms with Crippen LogP contribution in [0.1, 0.15) is 66.3 Å². The number of nitrogens with zero attached hydrogens (tertiary/aromatic N) is 1. The Hall–Kier alpha value is -3.47. The fourth-order valence-electron chi connectivity index (χ4n) is 4.64. The van der Waals surface area contributed by atoms with Gasteiger partial charge in [-0.15, -0.1) is 0 Å². The summed E-state index contributed by atoms with van der Waals surface area (Å²) in [6.45, 7) is 10.2. The highest BCUT2D eigenvalue weighted by atomic mass is 16.2. The van der Waals surface area contributed by atoms with E-state index in [1.807, 2.05) is 62.4 Å². The summed E-state index contributed by atoms with van der Waals surface area (Å²) in [4.78, 5) is 25.4. The molecule has 0 saturated heterocycles. The highest BCUT2D eigenvalue weighted by Gasteiger charge is 2.30. The van der Waals surface area contributed by atoms with Gasteiger partial charge in [0.2, 0.25) is 0 Å². The van der Waals surface area contributed by atoms with Gasteiger partial charge in [-0.05, 0) is 50.6 Å². The van der Waals surface area contributed by atoms with Gasteiger partial charge < -0.3 is 10.6 Å². The monoisotopic (exact) mass is 442 g/mol. The number of aromatic nitrogens is 1. The number of nitrogens with one attached hydrogen (secondary N) is 2. The number of carbonyl (C=O) groups excluding carboxylic acids is 2. The molecule has 0 fully saturated rings. The summed E-state index contributed by atoms with van der Waals surface area (Å²) in [5.41, 5.74) is 9.52. The summed E-state index contributed by atoms with van der Waals surface area (Å²) in [6, 6.07) is 15.2. The van der Waals surface area contributed by atoms with E-state index in [1.165, 1.54) is 11.4 Å². The fourth-order valence-corrected chi connectivity index (χ4v) is 4.64. The first-order chi connectivity index (χ1) is 15.8. The molecule has 170 valence electrons. The summed E-state index contributed by atoms with van der Waals surface area (Å²) in [6.07, 6.45) is 2.10. The number of hydrogen-bond donors (Lipinski definition) is 2. The van der Waals surface area contributed by atoms with E-state index >= 15 is 0 Å². The minimum absolute atomic E-state index is 0.0686. The molecule has 2 N–H and O–H groups in total. The zero-order valence-corrected chi connectivity index (χ0v) is 19.9. The van der Waals surface area contributed by atoms with Gasteiger partial charge >= 0.3 is 0 Å². The maximum Gasteiger partial charge on any atom is 0.251 e. The Labute approximate surface area is 195 Å². The van der Waals surface area contributed by atoms with E-state index in [2.05, 4.69) is 29.0 Å². The SMILES string of the molecule is Cc1ccc(C(=O)NCc2c(C)c(CNC(=O)c3ccc(C)cc3)c3[n+](c2C)CCC3)cc1. The van der Waals surface area contributed by atoms with Gasteiger partial charge in [0.15, 0.2) is 11.4 Å². The number of aryl methyl sites for hydroxylation is 2. The molecular formula is C28H32N3O2+. The highest BCUT2D eigenvalue weighted by molar-refractivity contribution is 5.94. The predicted octanol–water partition coefficient (Wildman–Crippen LogP) is 4.01. The lowest BCUT2D eigenvalue weighted by molar-refractivity contribution is -0.697. The molecule has 0 spiro atoms. The fraction of sp³-hybridized carbons (Fsp3) is 0.321. The summed E-state index contributed by atoms with van der Waals surface area (Å²) in [5, 5.41) is 6.20. The van der Waals surface area contributed by atoms with Crippen LogP contribution in [0.3, 0.4) is 0 Å². The minimum Gasteiger partial charge on any atom is -0.348 e. The van der Waals surface area contributed by atoms with Crippen LogP contribution in [0.5, 0.6) is 0 Å². The predicted molar refractivity (Wildman–Crippen MR) is 129 cm³/mol. The van der Waals surface area contributed by atoms with Gasteiger partial charge in [0, 0.05) is 55.1 Å². The van der Waals surface area contributed by atoms with Crippen molar-refractivity contribution in [1.29, 1.82) is 0 Å². The molecule has 3 aromatic rings. The van der Waals surface area contributed by atoms with E-state index in [0.717, 1.165) is 47.2 Å². The lowest BCUT2D eigenvalue weighted by Gasteiger charge is -2.16. The van der Waals surface area contributed by atoms with E-state index in [-0.39, 0.29) is 11.8 Å². The molecule has 5 nitrogen and oxygen atoms in total. The lowest BCUT2D eigenvalue weighted by Crippen LogP contribution is -2.41. The van der Waals surface area contributed by atoms with Crippen molar-refractivity contribution in [2.45, 2.75) is 60.2 Å². The summed E-state index contributed by atoms with van der Waals surface area (Å²) in [5.74, 6) is -0.144. The van der Waals surface area contributed by atoms with Crippen molar-refractivity contribution in [2.75, 3.05) is 0 Å². The van der Waals surface area contributed by atoms with Crippen LogP contribution in [-0.4, -0.2) is 11.8 Å². The van der Waals surface area contributed by atoms with Crippen molar-refractivity contribution >= 4 is 11.8 Å². The van der Waals surface area contributed by atoms with Gasteiger partial charge in [0.1, 0.15) is 6.54 Å². The van der Waals surface area contributed by atoms with Gasteiger partial charge in [0.25, 0.3) is 11.8 Å². The normalized spacial score (nSPS) is 12.4. The van der Waals surface area contributed by atoms with E-state index in [0.29, 0.717) is 24.2 Å². The average molecular weight is 443 g/mol. The Morgan fingerprint density at radius 1 is 0.758 bits per heavy atom. The standard InChI is InChI=1S/C28H31N3O2/c1-18-7-11-22(12-8-18)27(32)29-16-24-20(3)25(26-6-5-15-31(26)21(24)4)17-30-28(33)23-13-9-19(2)10-14-23/h7-14H,5-6,15-17H2,1-4H3,(H-,29,30,32,33)/p+1. The van der Waals surface area contributed by atoms with Crippen LogP contribution < -0.4 is 15.2 Å². The number of pyridine rings is 1. The molecule has 5 heteroatoms. The Bertz CT molecular complexity index is 1200. The molecule has 0 saturated carbocycles. The third kappa shape index (κ3) is 4.82. The van der Waals surface area contributed by atoms with Crippen LogP contribution in [0.25, 0.3) is 0 Å². The molecule has 1 aliphatic heterocycles. The second-order valence-corrected chi connectivity index (χ2v) is 8.97. The molecule has 0 unspecified atom stereocenters. The van der Waals surface area contributed by atoms with Gasteiger partial charge in [-0.3, -0.25) is 9.59 Å². The number of hydrogen-bond acceptors (Lipinski definition) is 2. The van der Waals surface area contributed by atoms with Crippen molar-refractivity contribution in [3.63, 3.8) is 0 Å². The van der Waals surface area contributed by atoms with E-state index < -0.39 is 0 Å². The van der Waals surface area contributed by atoms with E-state index in [4.69, 9.17) is 0 Å². The summed E-state index contributed by atoms with van der Waals surface area (Å²) >= 11 is 0. The van der Waals surface area contributed by atoms with Crippen molar-refractivity contribution in [3.8, 4) is 0 Å². The molecule has 2 amide bonds. The van der Waals surface area contributed by atoms with Crippen molar-refractivity contribution in [1.82, 2.24) is 10.6 Å². The quantitative estimate of drug-likeness (QED) is 0.567. The molecule has 2 heterocycles. The van der Waals surface area contributed by atoms with Gasteiger partial charge in [-0.25, -0.2) is 0 Å². The van der Waals surface area contributed by atoms with Crippen LogP contribution in [0, 0.1) is 27.7 Å². The zero-order valence-electron chi connectivity index (χ0n) is 19.9. The maximum absolute atomic E-state index is 12.7. The Kier molecular flexibility index (Phi) is 6.59. The Balaban J connectivity index is 1.55. The van der Waals surface area contributed by atoms with Crippen LogP contribution in [0.2, 0.25) is 0 Å². The molecule has 33 heavy (non-hydrogen) atoms. The number of rotatable bonds is 6. The largest absolute Gasteiger partial charge is 0.348 e. The molecule has 0 atom stereocenters.